The highest BCUT2D eigenvalue weighted by Gasteiger charge is 2.59. The van der Waals surface area contributed by atoms with Crippen molar-refractivity contribution < 1.29 is 18.8 Å². The van der Waals surface area contributed by atoms with Crippen molar-refractivity contribution in [1.29, 1.82) is 0 Å². The van der Waals surface area contributed by atoms with Crippen molar-refractivity contribution in [3.63, 3.8) is 0 Å². The number of imide groups is 1. The van der Waals surface area contributed by atoms with Crippen molar-refractivity contribution in [3.8, 4) is 0 Å². The van der Waals surface area contributed by atoms with Crippen LogP contribution in [0.3, 0.4) is 0 Å². The number of hydrogen-bond donors (Lipinski definition) is 1. The van der Waals surface area contributed by atoms with Gasteiger partial charge in [-0.1, -0.05) is 55.1 Å². The van der Waals surface area contributed by atoms with Gasteiger partial charge in [-0.2, -0.15) is 0 Å². The lowest BCUT2D eigenvalue weighted by molar-refractivity contribution is -0.123. The smallest absolute Gasteiger partial charge is 0.308 e. The Bertz CT molecular complexity index is 1430. The number of nitrogens with one attached hydrogen (secondary N) is 1. The Morgan fingerprint density at radius 2 is 1.74 bits per heavy atom. The third-order valence-corrected chi connectivity index (χ3v) is 9.33. The van der Waals surface area contributed by atoms with Crippen LogP contribution in [0.15, 0.2) is 58.4 Å². The molecule has 0 spiro atoms. The Hall–Kier alpha value is -3.24. The number of para-hydroxylation sites is 1. The normalized spacial score (nSPS) is 20.5. The standard InChI is InChI=1S/C25H22FN3O4S2/c1-13-6-4-5-7-16(13)27-17(30)12-28-23-20(35-24(28)33)25(2,3)18-19(34-23)22(32)29(21(18)31)15-10-8-14(26)9-11-15/h4-11,18-19H,12H2,1-3H3,(H,27,30). The zero-order chi connectivity index (χ0) is 25.1. The predicted molar refractivity (Wildman–Crippen MR) is 133 cm³/mol. The Labute approximate surface area is 208 Å². The maximum atomic E-state index is 13.4. The number of benzene rings is 2. The molecule has 1 N–H and O–H groups in total. The first-order valence-corrected chi connectivity index (χ1v) is 12.7. The Balaban J connectivity index is 1.48. The Morgan fingerprint density at radius 1 is 1.06 bits per heavy atom. The molecule has 35 heavy (non-hydrogen) atoms. The van der Waals surface area contributed by atoms with Crippen LogP contribution in [-0.4, -0.2) is 27.5 Å². The zero-order valence-corrected chi connectivity index (χ0v) is 20.8. The van der Waals surface area contributed by atoms with Crippen molar-refractivity contribution in [2.24, 2.45) is 5.92 Å². The molecule has 0 aliphatic carbocycles. The van der Waals surface area contributed by atoms with Crippen LogP contribution in [0.2, 0.25) is 0 Å². The molecule has 1 saturated heterocycles. The predicted octanol–water partition coefficient (Wildman–Crippen LogP) is 3.94. The third-order valence-electron chi connectivity index (χ3n) is 6.51. The van der Waals surface area contributed by atoms with Gasteiger partial charge in [0, 0.05) is 16.0 Å². The highest BCUT2D eigenvalue weighted by Crippen LogP contribution is 2.54. The molecule has 3 amide bonds. The second kappa shape index (κ2) is 8.46. The Kier molecular flexibility index (Phi) is 5.68. The molecular formula is C25H22FN3O4S2. The minimum Gasteiger partial charge on any atom is -0.324 e. The molecule has 10 heteroatoms. The fraction of sp³-hybridized carbons (Fsp3) is 0.280. The number of anilines is 2. The number of halogens is 1. The van der Waals surface area contributed by atoms with Crippen molar-refractivity contribution in [2.75, 3.05) is 10.2 Å². The first-order chi connectivity index (χ1) is 16.6. The lowest BCUT2D eigenvalue weighted by Gasteiger charge is -2.36. The van der Waals surface area contributed by atoms with Gasteiger partial charge in [0.1, 0.15) is 17.6 Å². The topological polar surface area (TPSA) is 88.5 Å². The van der Waals surface area contributed by atoms with E-state index >= 15 is 0 Å². The minimum atomic E-state index is -0.811. The lowest BCUT2D eigenvalue weighted by Crippen LogP contribution is -2.41. The van der Waals surface area contributed by atoms with Gasteiger partial charge in [0.25, 0.3) is 0 Å². The number of carbonyl (C=O) groups excluding carboxylic acids is 3. The SMILES string of the molecule is Cc1ccccc1NC(=O)Cn1c2c(sc1=O)C(C)(C)C1C(=O)N(c3ccc(F)cc3)C(=O)C1S2. The van der Waals surface area contributed by atoms with Gasteiger partial charge < -0.3 is 5.32 Å². The molecule has 3 heterocycles. The number of aryl methyl sites for hydroxylation is 1. The summed E-state index contributed by atoms with van der Waals surface area (Å²) < 4.78 is 14.8. The summed E-state index contributed by atoms with van der Waals surface area (Å²) in [5.74, 6) is -2.30. The van der Waals surface area contributed by atoms with Crippen LogP contribution in [0.25, 0.3) is 0 Å². The number of aromatic nitrogens is 1. The number of nitrogens with zero attached hydrogens (tertiary/aromatic N) is 2. The summed E-state index contributed by atoms with van der Waals surface area (Å²) in [6.45, 7) is 5.36. The van der Waals surface area contributed by atoms with Gasteiger partial charge >= 0.3 is 4.87 Å². The summed E-state index contributed by atoms with van der Waals surface area (Å²) in [7, 11) is 0. The highest BCUT2D eigenvalue weighted by molar-refractivity contribution is 8.00. The van der Waals surface area contributed by atoms with E-state index < -0.39 is 28.3 Å². The van der Waals surface area contributed by atoms with E-state index in [0.717, 1.165) is 33.6 Å². The molecular weight excluding hydrogens is 489 g/mol. The van der Waals surface area contributed by atoms with E-state index in [1.165, 1.54) is 28.8 Å². The third kappa shape index (κ3) is 3.81. The van der Waals surface area contributed by atoms with Gasteiger partial charge in [-0.25, -0.2) is 9.29 Å². The van der Waals surface area contributed by atoms with Crippen LogP contribution in [-0.2, 0) is 26.3 Å². The highest BCUT2D eigenvalue weighted by atomic mass is 32.2. The van der Waals surface area contributed by atoms with E-state index in [1.807, 2.05) is 39.0 Å². The summed E-state index contributed by atoms with van der Waals surface area (Å²) in [4.78, 5) is 54.0. The van der Waals surface area contributed by atoms with Crippen LogP contribution in [0.1, 0.15) is 24.3 Å². The van der Waals surface area contributed by atoms with Gasteiger partial charge in [-0.15, -0.1) is 0 Å². The summed E-state index contributed by atoms with van der Waals surface area (Å²) in [6, 6.07) is 12.6. The van der Waals surface area contributed by atoms with E-state index in [4.69, 9.17) is 0 Å². The van der Waals surface area contributed by atoms with E-state index in [1.54, 1.807) is 6.07 Å². The van der Waals surface area contributed by atoms with Crippen molar-refractivity contribution in [3.05, 3.63) is 74.5 Å². The molecule has 1 fully saturated rings. The number of carbonyl (C=O) groups is 3. The number of rotatable bonds is 4. The molecule has 2 atom stereocenters. The minimum absolute atomic E-state index is 0.205. The molecule has 1 aromatic heterocycles. The number of amides is 3. The maximum absolute atomic E-state index is 13.4. The molecule has 0 radical (unpaired) electrons. The van der Waals surface area contributed by atoms with Gasteiger partial charge in [0.15, 0.2) is 0 Å². The summed E-state index contributed by atoms with van der Waals surface area (Å²) >= 11 is 2.15. The maximum Gasteiger partial charge on any atom is 0.308 e. The summed E-state index contributed by atoms with van der Waals surface area (Å²) in [5, 5.41) is 2.62. The fourth-order valence-corrected chi connectivity index (χ4v) is 7.70. The number of hydrogen-bond acceptors (Lipinski definition) is 6. The first kappa shape index (κ1) is 23.5. The molecule has 2 aliphatic heterocycles. The molecule has 5 rings (SSSR count). The number of thioether (sulfide) groups is 1. The van der Waals surface area contributed by atoms with Crippen LogP contribution >= 0.6 is 23.1 Å². The molecule has 2 aliphatic rings. The van der Waals surface area contributed by atoms with E-state index in [2.05, 4.69) is 5.32 Å². The number of thiazole rings is 1. The monoisotopic (exact) mass is 511 g/mol. The average Bonchev–Trinajstić information content (AvgIpc) is 3.25. The van der Waals surface area contributed by atoms with E-state index in [0.29, 0.717) is 21.3 Å². The summed E-state index contributed by atoms with van der Waals surface area (Å²) in [5.41, 5.74) is 1.06. The summed E-state index contributed by atoms with van der Waals surface area (Å²) in [6.07, 6.45) is 0. The van der Waals surface area contributed by atoms with Crippen molar-refractivity contribution in [1.82, 2.24) is 4.57 Å². The quantitative estimate of drug-likeness (QED) is 0.536. The van der Waals surface area contributed by atoms with Gasteiger partial charge in [-0.05, 0) is 42.8 Å². The van der Waals surface area contributed by atoms with Gasteiger partial charge in [-0.3, -0.25) is 23.7 Å². The molecule has 3 aromatic rings. The second-order valence-electron chi connectivity index (χ2n) is 9.18. The molecule has 2 aromatic carbocycles. The number of fused-ring (bicyclic) bond motifs is 2. The molecule has 0 bridgehead atoms. The van der Waals surface area contributed by atoms with Crippen LogP contribution in [0, 0.1) is 18.7 Å². The van der Waals surface area contributed by atoms with E-state index in [9.17, 15) is 23.6 Å². The van der Waals surface area contributed by atoms with Crippen molar-refractivity contribution in [2.45, 2.75) is 43.0 Å². The van der Waals surface area contributed by atoms with Crippen LogP contribution in [0.4, 0.5) is 15.8 Å². The van der Waals surface area contributed by atoms with Crippen molar-refractivity contribution >= 4 is 52.2 Å². The van der Waals surface area contributed by atoms with Gasteiger partial charge in [0.2, 0.25) is 17.7 Å². The van der Waals surface area contributed by atoms with Gasteiger partial charge in [0.05, 0.1) is 16.6 Å². The van der Waals surface area contributed by atoms with E-state index in [-0.39, 0.29) is 23.2 Å². The molecule has 180 valence electrons. The zero-order valence-electron chi connectivity index (χ0n) is 19.2. The van der Waals surface area contributed by atoms with Crippen LogP contribution < -0.4 is 15.1 Å². The Morgan fingerprint density at radius 3 is 2.43 bits per heavy atom. The second-order valence-corrected chi connectivity index (χ2v) is 11.3. The molecule has 7 nitrogen and oxygen atoms in total. The first-order valence-electron chi connectivity index (χ1n) is 11.0. The average molecular weight is 512 g/mol. The fourth-order valence-electron chi connectivity index (χ4n) is 4.66. The lowest BCUT2D eigenvalue weighted by atomic mass is 9.76. The largest absolute Gasteiger partial charge is 0.324 e. The van der Waals surface area contributed by atoms with Crippen LogP contribution in [0.5, 0.6) is 0 Å². The molecule has 0 saturated carbocycles. The molecule has 2 unspecified atom stereocenters.